The van der Waals surface area contributed by atoms with E-state index in [1.54, 1.807) is 12.1 Å². The third kappa shape index (κ3) is 4.75. The quantitative estimate of drug-likeness (QED) is 0.779. The Hall–Kier alpha value is -1.88. The van der Waals surface area contributed by atoms with Crippen LogP contribution in [0.25, 0.3) is 0 Å². The van der Waals surface area contributed by atoms with Crippen molar-refractivity contribution in [3.05, 3.63) is 52.7 Å². The monoisotopic (exact) mass is 435 g/mol. The molecule has 1 N–H and O–H groups in total. The van der Waals surface area contributed by atoms with Crippen molar-refractivity contribution in [1.29, 1.82) is 0 Å². The number of sulfonamides is 1. The molecule has 0 unspecified atom stereocenters. The van der Waals surface area contributed by atoms with Gasteiger partial charge in [0, 0.05) is 25.8 Å². The van der Waals surface area contributed by atoms with E-state index in [0.29, 0.717) is 32.5 Å². The Balaban J connectivity index is 1.66. The standard InChI is InChI=1S/C17H17ClF3N3O3S/c18-15-9-13(17(19,20)21)11-23-16(15)22-10-12-1-3-14(4-2-12)28(25,26)24-5-7-27-8-6-24/h1-4,9,11H,5-8,10H2,(H,22,23). The molecular weight excluding hydrogens is 419 g/mol. The Morgan fingerprint density at radius 1 is 1.18 bits per heavy atom. The predicted molar refractivity (Wildman–Crippen MR) is 97.6 cm³/mol. The highest BCUT2D eigenvalue weighted by molar-refractivity contribution is 7.89. The number of rotatable bonds is 5. The second-order valence-electron chi connectivity index (χ2n) is 6.07. The van der Waals surface area contributed by atoms with Crippen LogP contribution in [-0.4, -0.2) is 44.0 Å². The van der Waals surface area contributed by atoms with Gasteiger partial charge in [-0.15, -0.1) is 0 Å². The first-order valence-electron chi connectivity index (χ1n) is 8.31. The SMILES string of the molecule is O=S(=O)(c1ccc(CNc2ncc(C(F)(F)F)cc2Cl)cc1)N1CCOCC1. The van der Waals surface area contributed by atoms with Crippen molar-refractivity contribution in [1.82, 2.24) is 9.29 Å². The third-order valence-electron chi connectivity index (χ3n) is 4.16. The summed E-state index contributed by atoms with van der Waals surface area (Å²) in [7, 11) is -3.58. The molecule has 0 bridgehead atoms. The molecule has 2 aromatic rings. The van der Waals surface area contributed by atoms with Crippen molar-refractivity contribution in [2.24, 2.45) is 0 Å². The van der Waals surface area contributed by atoms with Crippen molar-refractivity contribution in [3.8, 4) is 0 Å². The van der Waals surface area contributed by atoms with Crippen LogP contribution in [0.15, 0.2) is 41.4 Å². The van der Waals surface area contributed by atoms with Gasteiger partial charge < -0.3 is 10.1 Å². The first-order chi connectivity index (χ1) is 13.2. The maximum absolute atomic E-state index is 12.6. The number of alkyl halides is 3. The second kappa shape index (κ2) is 8.24. The Kier molecular flexibility index (Phi) is 6.13. The number of anilines is 1. The zero-order valence-corrected chi connectivity index (χ0v) is 16.1. The summed E-state index contributed by atoms with van der Waals surface area (Å²) >= 11 is 5.85. The molecule has 1 aliphatic rings. The first-order valence-corrected chi connectivity index (χ1v) is 10.1. The number of morpholine rings is 1. The normalized spacial score (nSPS) is 16.1. The third-order valence-corrected chi connectivity index (χ3v) is 6.36. The largest absolute Gasteiger partial charge is 0.417 e. The first kappa shape index (κ1) is 20.8. The zero-order valence-electron chi connectivity index (χ0n) is 14.5. The van der Waals surface area contributed by atoms with E-state index in [2.05, 4.69) is 10.3 Å². The van der Waals surface area contributed by atoms with Gasteiger partial charge in [-0.2, -0.15) is 17.5 Å². The number of hydrogen-bond donors (Lipinski definition) is 1. The van der Waals surface area contributed by atoms with Crippen LogP contribution < -0.4 is 5.32 Å². The van der Waals surface area contributed by atoms with E-state index in [0.717, 1.165) is 11.6 Å². The molecule has 3 rings (SSSR count). The van der Waals surface area contributed by atoms with Gasteiger partial charge in [0.2, 0.25) is 10.0 Å². The lowest BCUT2D eigenvalue weighted by Crippen LogP contribution is -2.40. The van der Waals surface area contributed by atoms with Gasteiger partial charge in [-0.25, -0.2) is 13.4 Å². The van der Waals surface area contributed by atoms with Crippen LogP contribution in [0.1, 0.15) is 11.1 Å². The summed E-state index contributed by atoms with van der Waals surface area (Å²) in [6.07, 6.45) is -3.82. The van der Waals surface area contributed by atoms with E-state index in [1.165, 1.54) is 16.4 Å². The summed E-state index contributed by atoms with van der Waals surface area (Å²) in [6.45, 7) is 1.56. The van der Waals surface area contributed by atoms with Crippen LogP contribution in [0, 0.1) is 0 Å². The number of nitrogens with one attached hydrogen (secondary N) is 1. The predicted octanol–water partition coefficient (Wildman–Crippen LogP) is 3.39. The Morgan fingerprint density at radius 2 is 1.82 bits per heavy atom. The van der Waals surface area contributed by atoms with Crippen molar-refractivity contribution >= 4 is 27.4 Å². The van der Waals surface area contributed by atoms with Gasteiger partial charge >= 0.3 is 6.18 Å². The van der Waals surface area contributed by atoms with Gasteiger partial charge in [0.05, 0.1) is 28.7 Å². The van der Waals surface area contributed by atoms with E-state index >= 15 is 0 Å². The molecule has 0 saturated carbocycles. The molecular formula is C17H17ClF3N3O3S. The van der Waals surface area contributed by atoms with Crippen LogP contribution in [0.5, 0.6) is 0 Å². The number of aromatic nitrogens is 1. The zero-order chi connectivity index (χ0) is 20.4. The number of ether oxygens (including phenoxy) is 1. The molecule has 0 spiro atoms. The van der Waals surface area contributed by atoms with Gasteiger partial charge in [0.1, 0.15) is 5.82 Å². The van der Waals surface area contributed by atoms with Gasteiger partial charge in [0.25, 0.3) is 0 Å². The van der Waals surface area contributed by atoms with E-state index in [9.17, 15) is 21.6 Å². The molecule has 0 aliphatic carbocycles. The second-order valence-corrected chi connectivity index (χ2v) is 8.41. The highest BCUT2D eigenvalue weighted by Crippen LogP contribution is 2.32. The molecule has 1 aromatic heterocycles. The van der Waals surface area contributed by atoms with Gasteiger partial charge in [-0.05, 0) is 23.8 Å². The van der Waals surface area contributed by atoms with Crippen LogP contribution in [-0.2, 0) is 27.5 Å². The molecule has 0 radical (unpaired) electrons. The highest BCUT2D eigenvalue weighted by atomic mass is 35.5. The van der Waals surface area contributed by atoms with Gasteiger partial charge in [-0.3, -0.25) is 0 Å². The van der Waals surface area contributed by atoms with Crippen molar-refractivity contribution in [2.75, 3.05) is 31.6 Å². The van der Waals surface area contributed by atoms with Crippen LogP contribution in [0.3, 0.4) is 0 Å². The van der Waals surface area contributed by atoms with E-state index in [1.807, 2.05) is 0 Å². The molecule has 1 fully saturated rings. The van der Waals surface area contributed by atoms with E-state index < -0.39 is 21.8 Å². The summed E-state index contributed by atoms with van der Waals surface area (Å²) in [6, 6.07) is 7.03. The van der Waals surface area contributed by atoms with Crippen molar-refractivity contribution in [2.45, 2.75) is 17.6 Å². The smallest absolute Gasteiger partial charge is 0.379 e. The number of benzene rings is 1. The molecule has 28 heavy (non-hydrogen) atoms. The molecule has 152 valence electrons. The average Bonchev–Trinajstić information content (AvgIpc) is 2.67. The summed E-state index contributed by atoms with van der Waals surface area (Å²) in [5.41, 5.74) is -0.209. The highest BCUT2D eigenvalue weighted by Gasteiger charge is 2.31. The maximum Gasteiger partial charge on any atom is 0.417 e. The number of nitrogens with zero attached hydrogens (tertiary/aromatic N) is 2. The van der Waals surface area contributed by atoms with Crippen molar-refractivity contribution < 1.29 is 26.3 Å². The molecule has 1 aromatic carbocycles. The van der Waals surface area contributed by atoms with Gasteiger partial charge in [-0.1, -0.05) is 23.7 Å². The molecule has 2 heterocycles. The Labute approximate surface area is 165 Å². The van der Waals surface area contributed by atoms with Crippen LogP contribution in [0.2, 0.25) is 5.02 Å². The summed E-state index contributed by atoms with van der Waals surface area (Å²) < 4.78 is 69.6. The fourth-order valence-electron chi connectivity index (χ4n) is 2.62. The van der Waals surface area contributed by atoms with Crippen LogP contribution in [0.4, 0.5) is 19.0 Å². The molecule has 1 aliphatic heterocycles. The van der Waals surface area contributed by atoms with E-state index in [-0.39, 0.29) is 22.3 Å². The molecule has 0 atom stereocenters. The maximum atomic E-state index is 12.6. The summed E-state index contributed by atoms with van der Waals surface area (Å²) in [5, 5.41) is 2.69. The minimum atomic E-state index is -4.52. The average molecular weight is 436 g/mol. The number of pyridine rings is 1. The number of hydrogen-bond acceptors (Lipinski definition) is 5. The fraction of sp³-hybridized carbons (Fsp3) is 0.353. The lowest BCUT2D eigenvalue weighted by atomic mass is 10.2. The number of halogens is 4. The van der Waals surface area contributed by atoms with Gasteiger partial charge in [0.15, 0.2) is 0 Å². The minimum absolute atomic E-state index is 0.111. The van der Waals surface area contributed by atoms with E-state index in [4.69, 9.17) is 16.3 Å². The Morgan fingerprint density at radius 3 is 2.39 bits per heavy atom. The molecule has 11 heteroatoms. The molecule has 0 amide bonds. The fourth-order valence-corrected chi connectivity index (χ4v) is 4.27. The lowest BCUT2D eigenvalue weighted by Gasteiger charge is -2.26. The Bertz CT molecular complexity index is 931. The summed E-state index contributed by atoms with van der Waals surface area (Å²) in [5.74, 6) is 0.111. The lowest BCUT2D eigenvalue weighted by molar-refractivity contribution is -0.137. The topological polar surface area (TPSA) is 71.5 Å². The van der Waals surface area contributed by atoms with Crippen LogP contribution >= 0.6 is 11.6 Å². The molecule has 6 nitrogen and oxygen atoms in total. The molecule has 1 saturated heterocycles. The summed E-state index contributed by atoms with van der Waals surface area (Å²) in [4.78, 5) is 3.87. The van der Waals surface area contributed by atoms with Crippen molar-refractivity contribution in [3.63, 3.8) is 0 Å². The minimum Gasteiger partial charge on any atom is -0.379 e.